The second-order valence-corrected chi connectivity index (χ2v) is 8.95. The zero-order valence-electron chi connectivity index (χ0n) is 19.0. The van der Waals surface area contributed by atoms with E-state index in [-0.39, 0.29) is 12.1 Å². The maximum Gasteiger partial charge on any atom is 0.174 e. The Balaban J connectivity index is 1.63. The van der Waals surface area contributed by atoms with Crippen molar-refractivity contribution in [1.29, 1.82) is 0 Å². The number of anilines is 1. The molecule has 0 amide bonds. The quantitative estimate of drug-likeness (QED) is 0.318. The van der Waals surface area contributed by atoms with Crippen molar-refractivity contribution in [3.63, 3.8) is 0 Å². The maximum atomic E-state index is 6.31. The van der Waals surface area contributed by atoms with E-state index in [0.717, 1.165) is 39.1 Å². The van der Waals surface area contributed by atoms with E-state index in [1.165, 1.54) is 0 Å². The first-order valence-electron chi connectivity index (χ1n) is 11.2. The lowest BCUT2D eigenvalue weighted by Gasteiger charge is -2.29. The molecule has 34 heavy (non-hydrogen) atoms. The van der Waals surface area contributed by atoms with E-state index in [0.29, 0.717) is 11.7 Å². The first-order valence-corrected chi connectivity index (χ1v) is 12.0. The molecule has 7 heteroatoms. The Morgan fingerprint density at radius 2 is 1.82 bits per heavy atom. The van der Waals surface area contributed by atoms with Gasteiger partial charge in [0, 0.05) is 34.5 Å². The highest BCUT2D eigenvalue weighted by molar-refractivity contribution is 7.80. The molecule has 0 unspecified atom stereocenters. The predicted octanol–water partition coefficient (Wildman–Crippen LogP) is 6.41. The lowest BCUT2D eigenvalue weighted by molar-refractivity contribution is 0.340. The molecule has 3 heterocycles. The summed E-state index contributed by atoms with van der Waals surface area (Å²) < 4.78 is 7.84. The van der Waals surface area contributed by atoms with Crippen LogP contribution in [-0.4, -0.2) is 21.3 Å². The van der Waals surface area contributed by atoms with E-state index in [4.69, 9.17) is 28.6 Å². The normalized spacial score (nSPS) is 17.6. The lowest BCUT2D eigenvalue weighted by Crippen LogP contribution is -2.30. The number of pyridine rings is 1. The van der Waals surface area contributed by atoms with Crippen molar-refractivity contribution in [2.24, 2.45) is 0 Å². The molecule has 0 saturated carbocycles. The summed E-state index contributed by atoms with van der Waals surface area (Å²) >= 11 is 12.2. The van der Waals surface area contributed by atoms with E-state index >= 15 is 0 Å². The number of aromatic nitrogens is 2. The van der Waals surface area contributed by atoms with E-state index in [1.807, 2.05) is 74.6 Å². The van der Waals surface area contributed by atoms with Gasteiger partial charge in [0.1, 0.15) is 11.8 Å². The molecule has 1 fully saturated rings. The van der Waals surface area contributed by atoms with E-state index in [2.05, 4.69) is 44.2 Å². The molecule has 2 aromatic carbocycles. The van der Waals surface area contributed by atoms with Crippen molar-refractivity contribution >= 4 is 34.6 Å². The highest BCUT2D eigenvalue weighted by Gasteiger charge is 2.42. The second-order valence-electron chi connectivity index (χ2n) is 8.16. The van der Waals surface area contributed by atoms with Crippen LogP contribution in [0.25, 0.3) is 5.69 Å². The molecule has 1 N–H and O–H groups in total. The smallest absolute Gasteiger partial charge is 0.174 e. The Kier molecular flexibility index (Phi) is 6.26. The molecule has 0 spiro atoms. The number of aryl methyl sites for hydroxylation is 1. The third kappa shape index (κ3) is 4.15. The fourth-order valence-electron chi connectivity index (χ4n) is 4.45. The maximum absolute atomic E-state index is 6.31. The Bertz CT molecular complexity index is 1310. The molecule has 0 aliphatic carbocycles. The van der Waals surface area contributed by atoms with Gasteiger partial charge in [-0.2, -0.15) is 0 Å². The van der Waals surface area contributed by atoms with Gasteiger partial charge in [0.05, 0.1) is 18.3 Å². The Labute approximate surface area is 210 Å². The van der Waals surface area contributed by atoms with Crippen LogP contribution in [0.2, 0.25) is 5.02 Å². The minimum atomic E-state index is -0.123. The van der Waals surface area contributed by atoms with Crippen molar-refractivity contribution in [1.82, 2.24) is 14.9 Å². The second kappa shape index (κ2) is 9.49. The third-order valence-corrected chi connectivity index (χ3v) is 6.77. The van der Waals surface area contributed by atoms with Gasteiger partial charge in [0.25, 0.3) is 0 Å². The molecule has 2 aromatic heterocycles. The summed E-state index contributed by atoms with van der Waals surface area (Å²) in [7, 11) is 0. The van der Waals surface area contributed by atoms with Gasteiger partial charge in [-0.05, 0) is 98.4 Å². The third-order valence-electron chi connectivity index (χ3n) is 6.03. The van der Waals surface area contributed by atoms with Gasteiger partial charge in [-0.3, -0.25) is 4.98 Å². The monoisotopic (exact) mass is 488 g/mol. The number of hydrogen-bond acceptors (Lipinski definition) is 3. The Morgan fingerprint density at radius 1 is 1.03 bits per heavy atom. The van der Waals surface area contributed by atoms with Crippen molar-refractivity contribution in [3.8, 4) is 11.4 Å². The first-order chi connectivity index (χ1) is 16.6. The minimum absolute atomic E-state index is 0.119. The van der Waals surface area contributed by atoms with Crippen LogP contribution in [0.5, 0.6) is 5.75 Å². The molecular weight excluding hydrogens is 464 g/mol. The van der Waals surface area contributed by atoms with E-state index in [1.54, 1.807) is 0 Å². The number of thiocarbonyl (C=S) groups is 1. The lowest BCUT2D eigenvalue weighted by atomic mass is 10.0. The van der Waals surface area contributed by atoms with Crippen LogP contribution in [0.3, 0.4) is 0 Å². The van der Waals surface area contributed by atoms with E-state index < -0.39 is 0 Å². The molecule has 5 nitrogen and oxygen atoms in total. The van der Waals surface area contributed by atoms with Crippen LogP contribution >= 0.6 is 23.8 Å². The van der Waals surface area contributed by atoms with Crippen LogP contribution in [0.1, 0.15) is 36.0 Å². The van der Waals surface area contributed by atoms with Crippen LogP contribution in [0, 0.1) is 6.92 Å². The number of ether oxygens (including phenoxy) is 1. The predicted molar refractivity (Wildman–Crippen MR) is 141 cm³/mol. The average molecular weight is 489 g/mol. The summed E-state index contributed by atoms with van der Waals surface area (Å²) in [4.78, 5) is 6.82. The largest absolute Gasteiger partial charge is 0.494 e. The molecule has 1 aliphatic rings. The summed E-state index contributed by atoms with van der Waals surface area (Å²) in [5.74, 6) is 0.835. The van der Waals surface area contributed by atoms with Crippen LogP contribution in [0.15, 0.2) is 85.2 Å². The molecule has 172 valence electrons. The van der Waals surface area contributed by atoms with Gasteiger partial charge in [0.2, 0.25) is 0 Å². The Morgan fingerprint density at radius 3 is 2.53 bits per heavy atom. The molecule has 5 rings (SSSR count). The van der Waals surface area contributed by atoms with Crippen LogP contribution < -0.4 is 15.0 Å². The summed E-state index contributed by atoms with van der Waals surface area (Å²) in [6, 6.07) is 24.1. The molecule has 4 aromatic rings. The topological polar surface area (TPSA) is 42.3 Å². The molecular formula is C27H25ClN4OS. The van der Waals surface area contributed by atoms with Gasteiger partial charge in [-0.1, -0.05) is 17.7 Å². The SMILES string of the molecule is CCOc1ccc(N2C(=S)N[C@@H](c3ccccn3)[C@H]2c2cccn2-c2ccc(Cl)c(C)c2)cc1. The van der Waals surface area contributed by atoms with Gasteiger partial charge < -0.3 is 19.5 Å². The van der Waals surface area contributed by atoms with Gasteiger partial charge in [0.15, 0.2) is 5.11 Å². The van der Waals surface area contributed by atoms with Gasteiger partial charge >= 0.3 is 0 Å². The standard InChI is InChI=1S/C27H25ClN4OS/c1-3-33-21-12-9-19(10-13-21)32-26(25(30-27(32)34)23-7-4-5-15-29-23)24-8-6-16-31(24)20-11-14-22(28)18(2)17-20/h4-17,25-26H,3H2,1-2H3,(H,30,34)/t25-,26+/m0/s1. The van der Waals surface area contributed by atoms with Crippen molar-refractivity contribution in [3.05, 3.63) is 107 Å². The summed E-state index contributed by atoms with van der Waals surface area (Å²) in [5, 5.41) is 4.94. The first kappa shape index (κ1) is 22.4. The zero-order chi connectivity index (χ0) is 23.7. The van der Waals surface area contributed by atoms with Gasteiger partial charge in [-0.25, -0.2) is 0 Å². The van der Waals surface area contributed by atoms with Crippen molar-refractivity contribution in [2.75, 3.05) is 11.5 Å². The Hall–Kier alpha value is -3.35. The molecule has 2 atom stereocenters. The highest BCUT2D eigenvalue weighted by Crippen LogP contribution is 2.42. The molecule has 1 aliphatic heterocycles. The number of halogens is 1. The fourth-order valence-corrected chi connectivity index (χ4v) is 4.92. The van der Waals surface area contributed by atoms with Crippen LogP contribution in [0.4, 0.5) is 5.69 Å². The van der Waals surface area contributed by atoms with Crippen LogP contribution in [-0.2, 0) is 0 Å². The average Bonchev–Trinajstić information content (AvgIpc) is 3.46. The minimum Gasteiger partial charge on any atom is -0.494 e. The highest BCUT2D eigenvalue weighted by atomic mass is 35.5. The molecule has 0 radical (unpaired) electrons. The summed E-state index contributed by atoms with van der Waals surface area (Å²) in [6.45, 7) is 4.62. The zero-order valence-corrected chi connectivity index (χ0v) is 20.6. The molecule has 1 saturated heterocycles. The summed E-state index contributed by atoms with van der Waals surface area (Å²) in [5.41, 5.74) is 5.10. The number of nitrogens with one attached hydrogen (secondary N) is 1. The number of nitrogens with zero attached hydrogens (tertiary/aromatic N) is 3. The summed E-state index contributed by atoms with van der Waals surface area (Å²) in [6.07, 6.45) is 3.89. The molecule has 0 bridgehead atoms. The fraction of sp³-hybridized carbons (Fsp3) is 0.185. The number of benzene rings is 2. The van der Waals surface area contributed by atoms with Crippen molar-refractivity contribution in [2.45, 2.75) is 25.9 Å². The van der Waals surface area contributed by atoms with Gasteiger partial charge in [-0.15, -0.1) is 0 Å². The number of hydrogen-bond donors (Lipinski definition) is 1. The number of rotatable bonds is 6. The van der Waals surface area contributed by atoms with E-state index in [9.17, 15) is 0 Å². The van der Waals surface area contributed by atoms with Crippen molar-refractivity contribution < 1.29 is 4.74 Å².